The third-order valence-corrected chi connectivity index (χ3v) is 5.01. The van der Waals surface area contributed by atoms with E-state index in [4.69, 9.17) is 9.90 Å². The van der Waals surface area contributed by atoms with E-state index in [0.29, 0.717) is 11.0 Å². The third-order valence-electron chi connectivity index (χ3n) is 3.64. The Morgan fingerprint density at radius 2 is 1.97 bits per heavy atom. The van der Waals surface area contributed by atoms with E-state index in [1.54, 1.807) is 18.7 Å². The number of carbonyl (C=O) groups is 2. The number of carbonyl (C=O) groups excluding carboxylic acids is 1. The Hall–Kier alpha value is -2.87. The van der Waals surface area contributed by atoms with Crippen molar-refractivity contribution in [1.29, 1.82) is 0 Å². The highest BCUT2D eigenvalue weighted by Gasteiger charge is 2.38. The molecule has 31 heavy (non-hydrogen) atoms. The molecule has 3 rings (SSSR count). The van der Waals surface area contributed by atoms with Crippen molar-refractivity contribution in [3.63, 3.8) is 0 Å². The molecule has 168 valence electrons. The van der Waals surface area contributed by atoms with Gasteiger partial charge in [-0.15, -0.1) is 0 Å². The number of halogens is 3. The largest absolute Gasteiger partial charge is 0.490 e. The molecule has 1 atom stereocenters. The van der Waals surface area contributed by atoms with Crippen LogP contribution in [0, 0.1) is 6.92 Å². The predicted octanol–water partition coefficient (Wildman–Crippen LogP) is 3.97. The fourth-order valence-electron chi connectivity index (χ4n) is 2.29. The van der Waals surface area contributed by atoms with Crippen LogP contribution in [0.4, 0.5) is 23.1 Å². The summed E-state index contributed by atoms with van der Waals surface area (Å²) in [5.41, 5.74) is 1.85. The summed E-state index contributed by atoms with van der Waals surface area (Å²) in [5, 5.41) is 13.3. The van der Waals surface area contributed by atoms with Gasteiger partial charge in [-0.05, 0) is 37.5 Å². The summed E-state index contributed by atoms with van der Waals surface area (Å²) in [6, 6.07) is 7.32. The number of H-pyrrole nitrogens is 1. The number of urea groups is 1. The van der Waals surface area contributed by atoms with Crippen molar-refractivity contribution in [3.05, 3.63) is 35.9 Å². The van der Waals surface area contributed by atoms with Crippen molar-refractivity contribution in [2.45, 2.75) is 25.6 Å². The maximum absolute atomic E-state index is 12.3. The lowest BCUT2D eigenvalue weighted by Crippen LogP contribution is -2.33. The lowest BCUT2D eigenvalue weighted by atomic mass is 10.2. The number of para-hydroxylation sites is 2. The number of hydrogen-bond acceptors (Lipinski definition) is 7. The molecule has 0 bridgehead atoms. The summed E-state index contributed by atoms with van der Waals surface area (Å²) in [6.45, 7) is 1.79. The average Bonchev–Trinajstić information content (AvgIpc) is 3.30. The number of benzene rings is 1. The molecule has 0 aliphatic rings. The highest BCUT2D eigenvalue weighted by Crippen LogP contribution is 2.20. The minimum Gasteiger partial charge on any atom is -0.475 e. The van der Waals surface area contributed by atoms with Crippen molar-refractivity contribution < 1.29 is 27.9 Å². The number of rotatable bonds is 6. The smallest absolute Gasteiger partial charge is 0.475 e. The summed E-state index contributed by atoms with van der Waals surface area (Å²) in [7, 11) is 0. The summed E-state index contributed by atoms with van der Waals surface area (Å²) in [6.07, 6.45) is -2.26. The van der Waals surface area contributed by atoms with Crippen LogP contribution < -0.4 is 10.6 Å². The Morgan fingerprint density at radius 3 is 2.52 bits per heavy atom. The number of nitrogens with one attached hydrogen (secondary N) is 3. The fourth-order valence-corrected chi connectivity index (χ4v) is 3.33. The second kappa shape index (κ2) is 10.9. The molecule has 2 heterocycles. The number of imidazole rings is 1. The van der Waals surface area contributed by atoms with Gasteiger partial charge in [0.05, 0.1) is 17.1 Å². The monoisotopic (exact) mass is 476 g/mol. The van der Waals surface area contributed by atoms with Gasteiger partial charge in [0.15, 0.2) is 0 Å². The van der Waals surface area contributed by atoms with Crippen LogP contribution in [0.5, 0.6) is 0 Å². The summed E-state index contributed by atoms with van der Waals surface area (Å²) >= 11 is 2.89. The zero-order valence-electron chi connectivity index (χ0n) is 16.4. The van der Waals surface area contributed by atoms with Gasteiger partial charge in [0.2, 0.25) is 5.13 Å². The van der Waals surface area contributed by atoms with E-state index in [1.807, 2.05) is 30.5 Å². The average molecular weight is 477 g/mol. The van der Waals surface area contributed by atoms with Crippen LogP contribution in [-0.4, -0.2) is 54.6 Å². The molecule has 4 N–H and O–H groups in total. The molecule has 2 aromatic heterocycles. The van der Waals surface area contributed by atoms with Gasteiger partial charge in [0, 0.05) is 11.5 Å². The highest BCUT2D eigenvalue weighted by atomic mass is 32.2. The molecule has 0 saturated heterocycles. The van der Waals surface area contributed by atoms with Crippen LogP contribution in [0.1, 0.15) is 24.1 Å². The molecule has 0 aliphatic carbocycles. The van der Waals surface area contributed by atoms with E-state index in [-0.39, 0.29) is 12.1 Å². The first-order valence-electron chi connectivity index (χ1n) is 8.71. The number of thioether (sulfide) groups is 1. The van der Waals surface area contributed by atoms with E-state index in [2.05, 4.69) is 30.0 Å². The number of aliphatic carboxylic acids is 1. The number of hydrogen-bond donors (Lipinski definition) is 4. The topological polar surface area (TPSA) is 133 Å². The second-order valence-electron chi connectivity index (χ2n) is 6.02. The lowest BCUT2D eigenvalue weighted by molar-refractivity contribution is -0.192. The summed E-state index contributed by atoms with van der Waals surface area (Å²) in [5.74, 6) is -0.437. The molecule has 0 radical (unpaired) electrons. The molecule has 14 heteroatoms. The molecule has 3 aromatic rings. The molecule has 9 nitrogen and oxygen atoms in total. The van der Waals surface area contributed by atoms with Crippen molar-refractivity contribution in [3.8, 4) is 0 Å². The number of aryl methyl sites for hydroxylation is 1. The number of carboxylic acid groups (broad SMARTS) is 1. The Balaban J connectivity index is 0.000000423. The molecule has 0 spiro atoms. The van der Waals surface area contributed by atoms with Gasteiger partial charge in [0.1, 0.15) is 11.6 Å². The minimum atomic E-state index is -5.08. The van der Waals surface area contributed by atoms with Gasteiger partial charge in [0.25, 0.3) is 0 Å². The molecule has 2 amide bonds. The van der Waals surface area contributed by atoms with Gasteiger partial charge in [-0.3, -0.25) is 5.32 Å². The van der Waals surface area contributed by atoms with Crippen molar-refractivity contribution in [1.82, 2.24) is 24.6 Å². The number of alkyl halides is 3. The zero-order valence-corrected chi connectivity index (χ0v) is 18.0. The van der Waals surface area contributed by atoms with E-state index >= 15 is 0 Å². The van der Waals surface area contributed by atoms with Crippen LogP contribution in [0.25, 0.3) is 11.0 Å². The fraction of sp³-hybridized carbons (Fsp3) is 0.353. The van der Waals surface area contributed by atoms with Crippen molar-refractivity contribution >= 4 is 51.5 Å². The Bertz CT molecular complexity index is 991. The highest BCUT2D eigenvalue weighted by molar-refractivity contribution is 7.98. The molecule has 0 saturated carbocycles. The van der Waals surface area contributed by atoms with E-state index in [0.717, 1.165) is 40.6 Å². The van der Waals surface area contributed by atoms with Crippen LogP contribution in [0.3, 0.4) is 0 Å². The Kier molecular flexibility index (Phi) is 8.62. The summed E-state index contributed by atoms with van der Waals surface area (Å²) in [4.78, 5) is 33.2. The number of nitrogens with zero attached hydrogens (tertiary/aromatic N) is 3. The van der Waals surface area contributed by atoms with E-state index in [9.17, 15) is 18.0 Å². The van der Waals surface area contributed by atoms with E-state index in [1.165, 1.54) is 0 Å². The third kappa shape index (κ3) is 7.71. The Labute approximate surface area is 183 Å². The van der Waals surface area contributed by atoms with Gasteiger partial charge < -0.3 is 15.4 Å². The molecule has 0 aliphatic heterocycles. The summed E-state index contributed by atoms with van der Waals surface area (Å²) < 4.78 is 35.8. The first-order chi connectivity index (χ1) is 14.6. The number of amides is 2. The van der Waals surface area contributed by atoms with Crippen LogP contribution >= 0.6 is 23.3 Å². The minimum absolute atomic E-state index is 0.195. The predicted molar refractivity (Wildman–Crippen MR) is 112 cm³/mol. The van der Waals surface area contributed by atoms with Gasteiger partial charge >= 0.3 is 18.2 Å². The second-order valence-corrected chi connectivity index (χ2v) is 7.76. The van der Waals surface area contributed by atoms with E-state index < -0.39 is 12.1 Å². The van der Waals surface area contributed by atoms with Gasteiger partial charge in [-0.25, -0.2) is 19.6 Å². The number of aromatic amines is 1. The van der Waals surface area contributed by atoms with Crippen molar-refractivity contribution in [2.75, 3.05) is 17.3 Å². The van der Waals surface area contributed by atoms with Crippen LogP contribution in [0.2, 0.25) is 0 Å². The number of anilines is 1. The first kappa shape index (κ1) is 24.4. The Morgan fingerprint density at radius 1 is 1.29 bits per heavy atom. The quantitative estimate of drug-likeness (QED) is 0.423. The number of fused-ring (bicyclic) bond motifs is 1. The molecular formula is C17H19F3N6O3S2. The van der Waals surface area contributed by atoms with Crippen LogP contribution in [-0.2, 0) is 4.79 Å². The maximum Gasteiger partial charge on any atom is 0.490 e. The first-order valence-corrected chi connectivity index (χ1v) is 10.9. The SMILES string of the molecule is CSCCC(NC(=O)Nc1nc(C)ns1)c1nc2ccccc2[nH]1.O=C(O)C(F)(F)F. The standard InChI is InChI=1S/C15H18N6OS2.C2HF3O2/c1-9-16-15(24-21-9)20-14(22)19-12(7-8-23-2)13-17-10-5-3-4-6-11(10)18-13;3-2(4,5)1(6)7/h3-6,12H,7-8H2,1-2H3,(H,17,18)(H2,16,19,20,21,22);(H,6,7). The van der Waals surface area contributed by atoms with Gasteiger partial charge in [-0.1, -0.05) is 12.1 Å². The molecule has 1 unspecified atom stereocenters. The van der Waals surface area contributed by atoms with Crippen LogP contribution in [0.15, 0.2) is 24.3 Å². The lowest BCUT2D eigenvalue weighted by Gasteiger charge is -2.16. The molecule has 0 fully saturated rings. The normalized spacial score (nSPS) is 12.0. The number of aromatic nitrogens is 4. The van der Waals surface area contributed by atoms with Crippen molar-refractivity contribution in [2.24, 2.45) is 0 Å². The maximum atomic E-state index is 12.3. The zero-order chi connectivity index (χ0) is 23.0. The number of carboxylic acids is 1. The molecular weight excluding hydrogens is 457 g/mol. The van der Waals surface area contributed by atoms with Gasteiger partial charge in [-0.2, -0.15) is 29.3 Å². The molecule has 1 aromatic carbocycles.